The Labute approximate surface area is 178 Å². The number of nitrogens with one attached hydrogen (secondary N) is 1. The van der Waals surface area contributed by atoms with Gasteiger partial charge in [0.25, 0.3) is 0 Å². The van der Waals surface area contributed by atoms with Crippen LogP contribution >= 0.6 is 0 Å². The summed E-state index contributed by atoms with van der Waals surface area (Å²) < 4.78 is 29.6. The number of rotatable bonds is 9. The molecule has 1 aromatic heterocycles. The maximum Gasteiger partial charge on any atom is 0.230 e. The largest absolute Gasteiger partial charge is 0.494 e. The summed E-state index contributed by atoms with van der Waals surface area (Å²) in [6.07, 6.45) is 1.66. The van der Waals surface area contributed by atoms with Crippen molar-refractivity contribution in [3.8, 4) is 11.5 Å². The van der Waals surface area contributed by atoms with Crippen LogP contribution in [0.15, 0.2) is 48.7 Å². The molecule has 9 heteroatoms. The third kappa shape index (κ3) is 5.58. The van der Waals surface area contributed by atoms with E-state index < -0.39 is 5.82 Å². The number of hydrogen-bond acceptors (Lipinski definition) is 6. The molecule has 8 nitrogen and oxygen atoms in total. The molecule has 0 aliphatic carbocycles. The molecular formula is C22H23FN4O4. The van der Waals surface area contributed by atoms with Gasteiger partial charge in [-0.15, -0.1) is 5.10 Å². The quantitative estimate of drug-likeness (QED) is 0.566. The molecule has 2 heterocycles. The number of nitrogens with zero attached hydrogens (tertiary/aromatic N) is 3. The lowest BCUT2D eigenvalue weighted by Gasteiger charge is -2.25. The minimum Gasteiger partial charge on any atom is -0.494 e. The molecule has 0 unspecified atom stereocenters. The average molecular weight is 426 g/mol. The second-order valence-electron chi connectivity index (χ2n) is 7.31. The topological polar surface area (TPSA) is 87.5 Å². The van der Waals surface area contributed by atoms with Gasteiger partial charge in [-0.25, -0.2) is 4.39 Å². The standard InChI is InChI=1S/C22H23FN4O4/c1-29-20-7-4-16(8-19(20)23)11-27-24-10-21(26-27)25-22(28)9-15-2-5-18(6-3-15)31-14-17-12-30-13-17/h2-8,10,17H,9,11-14H2,1H3,(H,25,26,28). The van der Waals surface area contributed by atoms with Crippen LogP contribution in [0, 0.1) is 11.7 Å². The fraction of sp³-hybridized carbons (Fsp3) is 0.318. The summed E-state index contributed by atoms with van der Waals surface area (Å²) in [7, 11) is 1.41. The number of methoxy groups -OCH3 is 1. The molecule has 162 valence electrons. The lowest BCUT2D eigenvalue weighted by molar-refractivity contribution is -0.115. The van der Waals surface area contributed by atoms with Crippen LogP contribution in [0.4, 0.5) is 10.2 Å². The number of benzene rings is 2. The van der Waals surface area contributed by atoms with Gasteiger partial charge in [-0.3, -0.25) is 4.79 Å². The molecule has 0 bridgehead atoms. The first-order chi connectivity index (χ1) is 15.1. The van der Waals surface area contributed by atoms with Gasteiger partial charge in [-0.1, -0.05) is 18.2 Å². The third-order valence-electron chi connectivity index (χ3n) is 4.83. The molecule has 1 amide bonds. The Hall–Kier alpha value is -3.46. The van der Waals surface area contributed by atoms with Crippen molar-refractivity contribution < 1.29 is 23.4 Å². The number of ether oxygens (including phenoxy) is 3. The summed E-state index contributed by atoms with van der Waals surface area (Å²) in [4.78, 5) is 13.7. The van der Waals surface area contributed by atoms with E-state index in [2.05, 4.69) is 15.5 Å². The Kier molecular flexibility index (Phi) is 6.42. The molecular weight excluding hydrogens is 403 g/mol. The predicted octanol–water partition coefficient (Wildman–Crippen LogP) is 2.68. The maximum absolute atomic E-state index is 13.8. The van der Waals surface area contributed by atoms with Crippen molar-refractivity contribution in [2.75, 3.05) is 32.2 Å². The summed E-state index contributed by atoms with van der Waals surface area (Å²) in [5.41, 5.74) is 1.54. The zero-order chi connectivity index (χ0) is 21.6. The average Bonchev–Trinajstić information content (AvgIpc) is 3.15. The van der Waals surface area contributed by atoms with Crippen LogP contribution in [-0.4, -0.2) is 47.8 Å². The first-order valence-corrected chi connectivity index (χ1v) is 9.91. The van der Waals surface area contributed by atoms with Crippen molar-refractivity contribution in [3.05, 3.63) is 65.6 Å². The number of carbonyl (C=O) groups is 1. The first-order valence-electron chi connectivity index (χ1n) is 9.91. The molecule has 1 saturated heterocycles. The van der Waals surface area contributed by atoms with E-state index in [1.54, 1.807) is 12.1 Å². The van der Waals surface area contributed by atoms with Crippen LogP contribution < -0.4 is 14.8 Å². The van der Waals surface area contributed by atoms with Gasteiger partial charge in [0.05, 0.1) is 46.1 Å². The summed E-state index contributed by atoms with van der Waals surface area (Å²) in [6, 6.07) is 12.1. The Morgan fingerprint density at radius 2 is 2.00 bits per heavy atom. The third-order valence-corrected chi connectivity index (χ3v) is 4.83. The second-order valence-corrected chi connectivity index (χ2v) is 7.31. The minimum atomic E-state index is -0.450. The van der Waals surface area contributed by atoms with Crippen molar-refractivity contribution in [1.82, 2.24) is 15.0 Å². The van der Waals surface area contributed by atoms with Gasteiger partial charge in [0.1, 0.15) is 5.75 Å². The Morgan fingerprint density at radius 3 is 2.68 bits per heavy atom. The number of hydrogen-bond donors (Lipinski definition) is 1. The molecule has 31 heavy (non-hydrogen) atoms. The highest BCUT2D eigenvalue weighted by Gasteiger charge is 2.18. The van der Waals surface area contributed by atoms with Crippen LogP contribution in [0.25, 0.3) is 0 Å². The predicted molar refractivity (Wildman–Crippen MR) is 111 cm³/mol. The van der Waals surface area contributed by atoms with Gasteiger partial charge in [-0.2, -0.15) is 9.90 Å². The highest BCUT2D eigenvalue weighted by molar-refractivity contribution is 5.91. The number of carbonyl (C=O) groups excluding carboxylic acids is 1. The highest BCUT2D eigenvalue weighted by Crippen LogP contribution is 2.19. The number of aromatic nitrogens is 3. The van der Waals surface area contributed by atoms with Gasteiger partial charge in [-0.05, 0) is 35.4 Å². The Balaban J connectivity index is 1.27. The number of amides is 1. The van der Waals surface area contributed by atoms with E-state index in [0.717, 1.165) is 24.5 Å². The normalized spacial score (nSPS) is 13.5. The number of anilines is 1. The summed E-state index contributed by atoms with van der Waals surface area (Å²) in [5.74, 6) is 1.09. The SMILES string of the molecule is COc1ccc(Cn2ncc(NC(=O)Cc3ccc(OCC4COC4)cc3)n2)cc1F. The summed E-state index contributed by atoms with van der Waals surface area (Å²) in [5, 5.41) is 11.1. The van der Waals surface area contributed by atoms with Crippen molar-refractivity contribution >= 4 is 11.7 Å². The van der Waals surface area contributed by atoms with Crippen LogP contribution in [0.3, 0.4) is 0 Å². The van der Waals surface area contributed by atoms with Crippen molar-refractivity contribution in [1.29, 1.82) is 0 Å². The second kappa shape index (κ2) is 9.57. The molecule has 3 aromatic rings. The van der Waals surface area contributed by atoms with Gasteiger partial charge < -0.3 is 19.5 Å². The van der Waals surface area contributed by atoms with Crippen LogP contribution in [-0.2, 0) is 22.5 Å². The minimum absolute atomic E-state index is 0.178. The van der Waals surface area contributed by atoms with Gasteiger partial charge in [0.15, 0.2) is 17.4 Å². The molecule has 0 spiro atoms. The monoisotopic (exact) mass is 426 g/mol. The van der Waals surface area contributed by atoms with E-state index in [4.69, 9.17) is 14.2 Å². The molecule has 1 aliphatic rings. The highest BCUT2D eigenvalue weighted by atomic mass is 19.1. The van der Waals surface area contributed by atoms with E-state index in [1.165, 1.54) is 24.2 Å². The van der Waals surface area contributed by atoms with Crippen LogP contribution in [0.1, 0.15) is 11.1 Å². The fourth-order valence-corrected chi connectivity index (χ4v) is 3.07. The number of halogens is 1. The molecule has 1 aliphatic heterocycles. The molecule has 1 fully saturated rings. The molecule has 1 N–H and O–H groups in total. The van der Waals surface area contributed by atoms with E-state index >= 15 is 0 Å². The van der Waals surface area contributed by atoms with Crippen molar-refractivity contribution in [2.24, 2.45) is 5.92 Å². The lowest BCUT2D eigenvalue weighted by Crippen LogP contribution is -2.32. The van der Waals surface area contributed by atoms with Crippen molar-refractivity contribution in [3.63, 3.8) is 0 Å². The molecule has 0 radical (unpaired) electrons. The first kappa shape index (κ1) is 20.8. The van der Waals surface area contributed by atoms with E-state index in [1.807, 2.05) is 24.3 Å². The van der Waals surface area contributed by atoms with Gasteiger partial charge in [0, 0.05) is 5.92 Å². The summed E-state index contributed by atoms with van der Waals surface area (Å²) >= 11 is 0. The van der Waals surface area contributed by atoms with E-state index in [0.29, 0.717) is 23.9 Å². The van der Waals surface area contributed by atoms with Crippen molar-refractivity contribution in [2.45, 2.75) is 13.0 Å². The van der Waals surface area contributed by atoms with E-state index in [9.17, 15) is 9.18 Å². The Bertz CT molecular complexity index is 1030. The van der Waals surface area contributed by atoms with Crippen LogP contribution in [0.2, 0.25) is 0 Å². The summed E-state index contributed by atoms with van der Waals surface area (Å²) in [6.45, 7) is 2.41. The molecule has 0 saturated carbocycles. The molecule has 0 atom stereocenters. The smallest absolute Gasteiger partial charge is 0.230 e. The zero-order valence-electron chi connectivity index (χ0n) is 17.1. The molecule has 4 rings (SSSR count). The maximum atomic E-state index is 13.8. The van der Waals surface area contributed by atoms with Gasteiger partial charge >= 0.3 is 0 Å². The fourth-order valence-electron chi connectivity index (χ4n) is 3.07. The Morgan fingerprint density at radius 1 is 1.23 bits per heavy atom. The molecule has 2 aromatic carbocycles. The van der Waals surface area contributed by atoms with E-state index in [-0.39, 0.29) is 24.6 Å². The lowest BCUT2D eigenvalue weighted by atomic mass is 10.1. The zero-order valence-corrected chi connectivity index (χ0v) is 17.1. The van der Waals surface area contributed by atoms with Crippen LogP contribution in [0.5, 0.6) is 11.5 Å². The van der Waals surface area contributed by atoms with Gasteiger partial charge in [0.2, 0.25) is 5.91 Å².